The number of rotatable bonds is 2. The second kappa shape index (κ2) is 4.28. The standard InChI is InChI=1S/C11H14AsNO2/c1-15-11(14)12-9-4-7-2-3-10(13)6-8(7)5-9/h2-3,6,9,12H,4-5,13H2,1H3. The molecule has 1 aromatic rings. The van der Waals surface area contributed by atoms with Crippen LogP contribution in [0, 0.1) is 0 Å². The van der Waals surface area contributed by atoms with E-state index < -0.39 is 15.8 Å². The summed E-state index contributed by atoms with van der Waals surface area (Å²) in [6.07, 6.45) is 2.01. The Hall–Kier alpha value is -0.952. The summed E-state index contributed by atoms with van der Waals surface area (Å²) < 4.78 is 5.24. The fourth-order valence-corrected chi connectivity index (χ4v) is 4.26. The van der Waals surface area contributed by atoms with Gasteiger partial charge in [0.1, 0.15) is 0 Å². The van der Waals surface area contributed by atoms with Gasteiger partial charge < -0.3 is 0 Å². The number of methoxy groups -OCH3 is 1. The van der Waals surface area contributed by atoms with Crippen molar-refractivity contribution in [3.8, 4) is 0 Å². The summed E-state index contributed by atoms with van der Waals surface area (Å²) in [5.74, 6) is 0. The van der Waals surface area contributed by atoms with Gasteiger partial charge in [-0.2, -0.15) is 0 Å². The van der Waals surface area contributed by atoms with E-state index in [0.717, 1.165) is 18.5 Å². The van der Waals surface area contributed by atoms with Crippen LogP contribution in [0.25, 0.3) is 0 Å². The molecule has 80 valence electrons. The van der Waals surface area contributed by atoms with Crippen molar-refractivity contribution in [1.29, 1.82) is 0 Å². The summed E-state index contributed by atoms with van der Waals surface area (Å²) in [4.78, 5) is 11.2. The van der Waals surface area contributed by atoms with E-state index in [2.05, 4.69) is 6.07 Å². The first-order valence-corrected chi connectivity index (χ1v) is 7.17. The number of carbonyl (C=O) groups excluding carboxylic acids is 1. The van der Waals surface area contributed by atoms with E-state index in [1.54, 1.807) is 0 Å². The van der Waals surface area contributed by atoms with Crippen molar-refractivity contribution < 1.29 is 9.53 Å². The number of hydrogen-bond donors (Lipinski definition) is 1. The number of nitrogens with two attached hydrogens (primary N) is 1. The van der Waals surface area contributed by atoms with Gasteiger partial charge in [0.15, 0.2) is 0 Å². The van der Waals surface area contributed by atoms with Crippen LogP contribution >= 0.6 is 0 Å². The van der Waals surface area contributed by atoms with Gasteiger partial charge >= 0.3 is 95.4 Å². The van der Waals surface area contributed by atoms with E-state index >= 15 is 0 Å². The third-order valence-electron chi connectivity index (χ3n) is 2.67. The first kappa shape index (κ1) is 10.6. The average molecular weight is 267 g/mol. The van der Waals surface area contributed by atoms with E-state index in [-0.39, 0.29) is 4.76 Å². The Morgan fingerprint density at radius 3 is 2.93 bits per heavy atom. The molecule has 1 aliphatic carbocycles. The summed E-state index contributed by atoms with van der Waals surface area (Å²) in [7, 11) is 1.46. The average Bonchev–Trinajstić information content (AvgIpc) is 2.59. The molecule has 0 fully saturated rings. The molecule has 3 nitrogen and oxygen atoms in total. The molecule has 0 bridgehead atoms. The number of fused-ring (bicyclic) bond motifs is 1. The van der Waals surface area contributed by atoms with Crippen molar-refractivity contribution in [1.82, 2.24) is 0 Å². The first-order chi connectivity index (χ1) is 7.19. The Labute approximate surface area is 95.7 Å². The predicted molar refractivity (Wildman–Crippen MR) is 61.6 cm³/mol. The summed E-state index contributed by atoms with van der Waals surface area (Å²) in [5, 5.41) is 0. The Bertz CT molecular complexity index is 392. The Kier molecular flexibility index (Phi) is 3.01. The summed E-state index contributed by atoms with van der Waals surface area (Å²) >= 11 is -0.639. The van der Waals surface area contributed by atoms with Crippen molar-refractivity contribution in [2.75, 3.05) is 12.8 Å². The molecular weight excluding hydrogens is 253 g/mol. The van der Waals surface area contributed by atoms with Crippen LogP contribution in [0.5, 0.6) is 0 Å². The molecule has 2 rings (SSSR count). The Balaban J connectivity index is 2.06. The number of carbonyl (C=O) groups is 1. The maximum atomic E-state index is 11.2. The zero-order valence-electron chi connectivity index (χ0n) is 8.62. The zero-order valence-corrected chi connectivity index (χ0v) is 10.7. The van der Waals surface area contributed by atoms with Crippen LogP contribution in [0.3, 0.4) is 0 Å². The SMILES string of the molecule is COC(=O)[AsH]C1Cc2ccc(N)cc2C1. The topological polar surface area (TPSA) is 52.3 Å². The van der Waals surface area contributed by atoms with Crippen molar-refractivity contribution in [3.05, 3.63) is 29.3 Å². The summed E-state index contributed by atoms with van der Waals surface area (Å²) in [6, 6.07) is 6.03. The second-order valence-electron chi connectivity index (χ2n) is 3.77. The molecule has 0 amide bonds. The van der Waals surface area contributed by atoms with Crippen molar-refractivity contribution in [2.24, 2.45) is 0 Å². The fraction of sp³-hybridized carbons (Fsp3) is 0.364. The zero-order chi connectivity index (χ0) is 10.8. The number of nitrogen functional groups attached to an aromatic ring is 1. The molecule has 1 aliphatic rings. The van der Waals surface area contributed by atoms with Crippen molar-refractivity contribution >= 4 is 26.2 Å². The predicted octanol–water partition coefficient (Wildman–Crippen LogP) is 1.36. The van der Waals surface area contributed by atoms with Gasteiger partial charge in [-0.15, -0.1) is 0 Å². The number of benzene rings is 1. The van der Waals surface area contributed by atoms with Crippen LogP contribution in [0.15, 0.2) is 18.2 Å². The molecular formula is C11H14AsNO2. The third kappa shape index (κ3) is 2.35. The van der Waals surface area contributed by atoms with E-state index in [0.29, 0.717) is 4.71 Å². The summed E-state index contributed by atoms with van der Waals surface area (Å²) in [6.45, 7) is 0. The molecule has 0 aliphatic heterocycles. The monoisotopic (exact) mass is 267 g/mol. The Morgan fingerprint density at radius 1 is 1.47 bits per heavy atom. The van der Waals surface area contributed by atoms with E-state index in [9.17, 15) is 4.79 Å². The van der Waals surface area contributed by atoms with E-state index in [1.165, 1.54) is 18.2 Å². The van der Waals surface area contributed by atoms with Crippen LogP contribution in [0.2, 0.25) is 4.71 Å². The van der Waals surface area contributed by atoms with E-state index in [4.69, 9.17) is 10.5 Å². The molecule has 15 heavy (non-hydrogen) atoms. The van der Waals surface area contributed by atoms with Gasteiger partial charge in [0.05, 0.1) is 0 Å². The maximum absolute atomic E-state index is 11.2. The Morgan fingerprint density at radius 2 is 2.20 bits per heavy atom. The van der Waals surface area contributed by atoms with Gasteiger partial charge in [-0.3, -0.25) is 0 Å². The van der Waals surface area contributed by atoms with Crippen molar-refractivity contribution in [3.63, 3.8) is 0 Å². The molecule has 0 saturated carbocycles. The molecule has 2 unspecified atom stereocenters. The van der Waals surface area contributed by atoms with Crippen molar-refractivity contribution in [2.45, 2.75) is 17.5 Å². The molecule has 0 spiro atoms. The number of ether oxygens (including phenoxy) is 1. The van der Waals surface area contributed by atoms with Gasteiger partial charge in [0, 0.05) is 0 Å². The van der Waals surface area contributed by atoms with Crippen LogP contribution in [0.4, 0.5) is 10.5 Å². The van der Waals surface area contributed by atoms with Gasteiger partial charge in [-0.25, -0.2) is 0 Å². The number of anilines is 1. The quantitative estimate of drug-likeness (QED) is 0.650. The van der Waals surface area contributed by atoms with Crippen LogP contribution in [-0.4, -0.2) is 27.6 Å². The summed E-state index contributed by atoms with van der Waals surface area (Å²) in [5.41, 5.74) is 9.20. The van der Waals surface area contributed by atoms with Gasteiger partial charge in [0.25, 0.3) is 0 Å². The van der Waals surface area contributed by atoms with Crippen LogP contribution < -0.4 is 5.73 Å². The normalized spacial score (nSPS) is 19.4. The molecule has 1 aromatic carbocycles. The molecule has 0 aromatic heterocycles. The van der Waals surface area contributed by atoms with Gasteiger partial charge in [0.2, 0.25) is 0 Å². The van der Waals surface area contributed by atoms with Gasteiger partial charge in [-0.1, -0.05) is 0 Å². The molecule has 2 N–H and O–H groups in total. The molecule has 4 heteroatoms. The minimum atomic E-state index is -0.639. The minimum absolute atomic E-state index is 0.000720. The van der Waals surface area contributed by atoms with Crippen LogP contribution in [-0.2, 0) is 17.6 Å². The molecule has 0 radical (unpaired) electrons. The first-order valence-electron chi connectivity index (χ1n) is 4.91. The van der Waals surface area contributed by atoms with Crippen LogP contribution in [0.1, 0.15) is 11.1 Å². The number of hydrogen-bond acceptors (Lipinski definition) is 3. The molecule has 0 saturated heterocycles. The third-order valence-corrected chi connectivity index (χ3v) is 5.31. The second-order valence-corrected chi connectivity index (χ2v) is 6.94. The molecule has 2 atom stereocenters. The molecule has 0 heterocycles. The van der Waals surface area contributed by atoms with E-state index in [1.807, 2.05) is 12.1 Å². The van der Waals surface area contributed by atoms with Gasteiger partial charge in [-0.05, 0) is 0 Å². The fourth-order valence-electron chi connectivity index (χ4n) is 1.97.